The van der Waals surface area contributed by atoms with E-state index in [0.717, 1.165) is 6.07 Å². The molecule has 6 heteroatoms. The van der Waals surface area contributed by atoms with Crippen molar-refractivity contribution in [2.24, 2.45) is 0 Å². The summed E-state index contributed by atoms with van der Waals surface area (Å²) in [6, 6.07) is 2.46. The van der Waals surface area contributed by atoms with Crippen LogP contribution in [-0.4, -0.2) is 4.98 Å². The number of nitrogens with zero attached hydrogens (tertiary/aromatic N) is 2. The summed E-state index contributed by atoms with van der Waals surface area (Å²) >= 11 is 5.49. The Balaban J connectivity index is 3.30. The molecule has 0 saturated carbocycles. The van der Waals surface area contributed by atoms with E-state index in [1.54, 1.807) is 6.07 Å². The fourth-order valence-electron chi connectivity index (χ4n) is 0.963. The molecule has 1 aromatic rings. The van der Waals surface area contributed by atoms with Crippen molar-refractivity contribution < 1.29 is 13.2 Å². The molecule has 1 rings (SSSR count). The summed E-state index contributed by atoms with van der Waals surface area (Å²) in [4.78, 5) is 3.00. The van der Waals surface area contributed by atoms with E-state index in [0.29, 0.717) is 0 Å². The maximum atomic E-state index is 12.6. The van der Waals surface area contributed by atoms with Gasteiger partial charge in [0, 0.05) is 11.6 Å². The van der Waals surface area contributed by atoms with Crippen LogP contribution in [0.2, 0.25) is 5.02 Å². The molecule has 1 heterocycles. The Hall–Kier alpha value is -1.28. The lowest BCUT2D eigenvalue weighted by atomic mass is 10.1. The molecule has 74 valence electrons. The highest BCUT2D eigenvalue weighted by Gasteiger charge is 2.18. The van der Waals surface area contributed by atoms with Gasteiger partial charge in [-0.25, -0.2) is 13.8 Å². The van der Waals surface area contributed by atoms with Gasteiger partial charge in [-0.3, -0.25) is 0 Å². The highest BCUT2D eigenvalue weighted by atomic mass is 35.5. The van der Waals surface area contributed by atoms with Crippen LogP contribution < -0.4 is 0 Å². The second-order valence-corrected chi connectivity index (χ2v) is 2.83. The van der Waals surface area contributed by atoms with Gasteiger partial charge in [0.25, 0.3) is 6.43 Å². The molecule has 0 amide bonds. The summed E-state index contributed by atoms with van der Waals surface area (Å²) in [5, 5.41) is 8.14. The van der Waals surface area contributed by atoms with Gasteiger partial charge in [-0.05, 0) is 0 Å². The predicted octanol–water partition coefficient (Wildman–Crippen LogP) is 2.88. The minimum atomic E-state index is -2.94. The van der Waals surface area contributed by atoms with E-state index >= 15 is 0 Å². The van der Waals surface area contributed by atoms with Crippen molar-refractivity contribution in [3.63, 3.8) is 0 Å². The average Bonchev–Trinajstić information content (AvgIpc) is 2.09. The molecule has 0 saturated heterocycles. The molecule has 0 N–H and O–H groups in total. The monoisotopic (exact) mass is 220 g/mol. The van der Waals surface area contributed by atoms with Crippen LogP contribution in [0.3, 0.4) is 0 Å². The van der Waals surface area contributed by atoms with Gasteiger partial charge < -0.3 is 0 Å². The highest BCUT2D eigenvalue weighted by Crippen LogP contribution is 2.27. The fraction of sp³-hybridized carbons (Fsp3) is 0.250. The van der Waals surface area contributed by atoms with E-state index in [-0.39, 0.29) is 17.0 Å². The van der Waals surface area contributed by atoms with Gasteiger partial charge in [-0.2, -0.15) is 9.65 Å². The second kappa shape index (κ2) is 4.29. The molecule has 0 aliphatic heterocycles. The zero-order valence-electron chi connectivity index (χ0n) is 6.77. The number of hydrogen-bond donors (Lipinski definition) is 0. The Labute approximate surface area is 82.9 Å². The number of pyridine rings is 1. The highest BCUT2D eigenvalue weighted by molar-refractivity contribution is 6.31. The van der Waals surface area contributed by atoms with Gasteiger partial charge in [-0.1, -0.05) is 11.6 Å². The van der Waals surface area contributed by atoms with Crippen LogP contribution in [0.15, 0.2) is 6.07 Å². The molecule has 0 spiro atoms. The number of alkyl halides is 2. The van der Waals surface area contributed by atoms with Gasteiger partial charge in [-0.15, -0.1) is 0 Å². The molecular weight excluding hydrogens is 217 g/mol. The molecule has 2 nitrogen and oxygen atoms in total. The third kappa shape index (κ3) is 2.15. The summed E-state index contributed by atoms with van der Waals surface area (Å²) in [7, 11) is 0. The quantitative estimate of drug-likeness (QED) is 0.719. The lowest BCUT2D eigenvalue weighted by molar-refractivity contribution is 0.143. The first-order valence-electron chi connectivity index (χ1n) is 3.56. The lowest BCUT2D eigenvalue weighted by Gasteiger charge is -2.06. The summed E-state index contributed by atoms with van der Waals surface area (Å²) in [6.45, 7) is 0. The minimum absolute atomic E-state index is 0.120. The molecule has 0 unspecified atom stereocenters. The van der Waals surface area contributed by atoms with Crippen molar-refractivity contribution in [1.82, 2.24) is 4.98 Å². The van der Waals surface area contributed by atoms with Crippen LogP contribution >= 0.6 is 11.6 Å². The van der Waals surface area contributed by atoms with Crippen LogP contribution in [0.5, 0.6) is 0 Å². The van der Waals surface area contributed by atoms with Crippen molar-refractivity contribution >= 4 is 11.6 Å². The molecule has 14 heavy (non-hydrogen) atoms. The molecule has 0 aliphatic carbocycles. The van der Waals surface area contributed by atoms with E-state index in [2.05, 4.69) is 4.98 Å². The van der Waals surface area contributed by atoms with Gasteiger partial charge in [0.2, 0.25) is 5.95 Å². The molecule has 1 aromatic heterocycles. The first-order valence-corrected chi connectivity index (χ1v) is 3.94. The van der Waals surface area contributed by atoms with Crippen LogP contribution in [0.1, 0.15) is 17.7 Å². The topological polar surface area (TPSA) is 36.7 Å². The second-order valence-electron chi connectivity index (χ2n) is 2.43. The van der Waals surface area contributed by atoms with E-state index < -0.39 is 18.1 Å². The first-order chi connectivity index (χ1) is 6.56. The number of hydrogen-bond acceptors (Lipinski definition) is 2. The number of aromatic nitrogens is 1. The van der Waals surface area contributed by atoms with E-state index in [9.17, 15) is 13.2 Å². The number of halogens is 4. The van der Waals surface area contributed by atoms with Crippen molar-refractivity contribution in [2.45, 2.75) is 12.8 Å². The van der Waals surface area contributed by atoms with Gasteiger partial charge >= 0.3 is 0 Å². The lowest BCUT2D eigenvalue weighted by Crippen LogP contribution is -2.01. The van der Waals surface area contributed by atoms with Gasteiger partial charge in [0.05, 0.1) is 17.5 Å². The summed E-state index contributed by atoms with van der Waals surface area (Å²) in [5.74, 6) is -1.08. The van der Waals surface area contributed by atoms with Crippen molar-refractivity contribution in [3.8, 4) is 6.07 Å². The van der Waals surface area contributed by atoms with Crippen LogP contribution in [-0.2, 0) is 6.42 Å². The largest absolute Gasteiger partial charge is 0.280 e. The van der Waals surface area contributed by atoms with Gasteiger partial charge in [0.1, 0.15) is 5.69 Å². The summed E-state index contributed by atoms with van der Waals surface area (Å²) in [5.41, 5.74) is -0.887. The van der Waals surface area contributed by atoms with E-state index in [1.165, 1.54) is 0 Å². The Morgan fingerprint density at radius 1 is 1.57 bits per heavy atom. The van der Waals surface area contributed by atoms with E-state index in [1.807, 2.05) is 0 Å². The van der Waals surface area contributed by atoms with Crippen LogP contribution in [0.25, 0.3) is 0 Å². The standard InChI is InChI=1S/C8H4ClF3N2/c9-5-3-6(10)14-7(8(11)12)4(5)1-2-13/h3,8H,1H2. The predicted molar refractivity (Wildman–Crippen MR) is 43.5 cm³/mol. The normalized spacial score (nSPS) is 10.3. The summed E-state index contributed by atoms with van der Waals surface area (Å²) in [6.07, 6.45) is -3.25. The van der Waals surface area contributed by atoms with Crippen LogP contribution in [0.4, 0.5) is 13.2 Å². The molecule has 0 atom stereocenters. The van der Waals surface area contributed by atoms with Crippen LogP contribution in [0, 0.1) is 17.3 Å². The zero-order valence-corrected chi connectivity index (χ0v) is 7.52. The SMILES string of the molecule is N#CCc1c(Cl)cc(F)nc1C(F)F. The maximum Gasteiger partial charge on any atom is 0.280 e. The molecule has 0 aromatic carbocycles. The third-order valence-electron chi connectivity index (χ3n) is 1.53. The smallest absolute Gasteiger partial charge is 0.218 e. The zero-order chi connectivity index (χ0) is 10.7. The minimum Gasteiger partial charge on any atom is -0.218 e. The third-order valence-corrected chi connectivity index (χ3v) is 1.87. The Bertz CT molecular complexity index is 387. The van der Waals surface area contributed by atoms with Crippen molar-refractivity contribution in [3.05, 3.63) is 28.3 Å². The fourth-order valence-corrected chi connectivity index (χ4v) is 1.22. The van der Waals surface area contributed by atoms with Crippen molar-refractivity contribution in [2.75, 3.05) is 0 Å². The maximum absolute atomic E-state index is 12.6. The molecule has 0 fully saturated rings. The van der Waals surface area contributed by atoms with Gasteiger partial charge in [0.15, 0.2) is 0 Å². The van der Waals surface area contributed by atoms with Crippen molar-refractivity contribution in [1.29, 1.82) is 5.26 Å². The number of nitriles is 1. The Morgan fingerprint density at radius 2 is 2.21 bits per heavy atom. The Morgan fingerprint density at radius 3 is 2.71 bits per heavy atom. The Kier molecular flexibility index (Phi) is 3.31. The first kappa shape index (κ1) is 10.8. The molecule has 0 bridgehead atoms. The number of rotatable bonds is 2. The van der Waals surface area contributed by atoms with E-state index in [4.69, 9.17) is 16.9 Å². The average molecular weight is 221 g/mol. The molecule has 0 radical (unpaired) electrons. The molecular formula is C8H4ClF3N2. The summed E-state index contributed by atoms with van der Waals surface area (Å²) < 4.78 is 37.2. The molecule has 0 aliphatic rings.